The summed E-state index contributed by atoms with van der Waals surface area (Å²) >= 11 is 1.24. The van der Waals surface area contributed by atoms with Crippen molar-refractivity contribution >= 4 is 57.0 Å². The number of hydrogen-bond donors (Lipinski definition) is 2. The van der Waals surface area contributed by atoms with Gasteiger partial charge in [0.15, 0.2) is 5.96 Å². The van der Waals surface area contributed by atoms with E-state index >= 15 is 0 Å². The Kier molecular flexibility index (Phi) is 8.13. The van der Waals surface area contributed by atoms with Gasteiger partial charge in [-0.1, -0.05) is 12.1 Å². The van der Waals surface area contributed by atoms with Gasteiger partial charge >= 0.3 is 0 Å². The van der Waals surface area contributed by atoms with Gasteiger partial charge in [-0.25, -0.2) is 13.4 Å². The van der Waals surface area contributed by atoms with Crippen molar-refractivity contribution < 1.29 is 13.2 Å². The summed E-state index contributed by atoms with van der Waals surface area (Å²) in [6.45, 7) is 2.01. The van der Waals surface area contributed by atoms with Crippen LogP contribution in [0.25, 0.3) is 0 Å². The number of aliphatic imine (C=N–C) groups is 1. The van der Waals surface area contributed by atoms with Crippen molar-refractivity contribution in [2.24, 2.45) is 10.7 Å². The first-order valence-corrected chi connectivity index (χ1v) is 12.1. The standard InChI is InChI=1S/C20H26N4O3S2.HI/c21-20(23-18-7-3-5-15-4-1-2-6-17(15)18)22-14-16-8-9-19(28-16)29(25,26)24-10-12-27-13-11-24;/h3,5,7-9H,1-2,4,6,10-14H2,(H3,21,22,23);1H. The number of fused-ring (bicyclic) bond motifs is 1. The Balaban J connectivity index is 0.00000256. The molecule has 164 valence electrons. The summed E-state index contributed by atoms with van der Waals surface area (Å²) in [7, 11) is -3.46. The second kappa shape index (κ2) is 10.4. The zero-order chi connectivity index (χ0) is 20.3. The molecule has 10 heteroatoms. The number of aryl methyl sites for hydroxylation is 1. The average Bonchev–Trinajstić information content (AvgIpc) is 3.23. The van der Waals surface area contributed by atoms with Crippen LogP contribution in [0.15, 0.2) is 39.5 Å². The summed E-state index contributed by atoms with van der Waals surface area (Å²) in [5, 5.41) is 3.22. The predicted molar refractivity (Wildman–Crippen MR) is 131 cm³/mol. The highest BCUT2D eigenvalue weighted by molar-refractivity contribution is 14.0. The number of hydrogen-bond acceptors (Lipinski definition) is 5. The molecule has 3 N–H and O–H groups in total. The van der Waals surface area contributed by atoms with E-state index in [1.807, 2.05) is 12.1 Å². The molecule has 0 atom stereocenters. The topological polar surface area (TPSA) is 97.0 Å². The molecule has 2 aromatic rings. The first-order valence-electron chi connectivity index (χ1n) is 9.88. The maximum Gasteiger partial charge on any atom is 0.252 e. The first kappa shape index (κ1) is 23.5. The molecule has 2 aliphatic rings. The third-order valence-corrected chi connectivity index (χ3v) is 8.70. The third kappa shape index (κ3) is 5.34. The van der Waals surface area contributed by atoms with Crippen molar-refractivity contribution in [2.75, 3.05) is 31.6 Å². The van der Waals surface area contributed by atoms with Crippen LogP contribution in [0.3, 0.4) is 0 Å². The number of sulfonamides is 1. The SMILES string of the molecule is I.NC(=NCc1ccc(S(=O)(=O)N2CCOCC2)s1)Nc1cccc2c1CCCC2. The minimum Gasteiger partial charge on any atom is -0.379 e. The molecular formula is C20H27IN4O3S2. The maximum absolute atomic E-state index is 12.7. The largest absolute Gasteiger partial charge is 0.379 e. The molecule has 0 unspecified atom stereocenters. The summed E-state index contributed by atoms with van der Waals surface area (Å²) < 4.78 is 32.5. The van der Waals surface area contributed by atoms with Crippen LogP contribution in [0, 0.1) is 0 Å². The van der Waals surface area contributed by atoms with Crippen LogP contribution in [0.2, 0.25) is 0 Å². The van der Waals surface area contributed by atoms with Gasteiger partial charge in [-0.15, -0.1) is 35.3 Å². The monoisotopic (exact) mass is 562 g/mol. The molecule has 0 bridgehead atoms. The molecule has 0 radical (unpaired) electrons. The van der Waals surface area contributed by atoms with Crippen molar-refractivity contribution in [3.8, 4) is 0 Å². The average molecular weight is 562 g/mol. The summed E-state index contributed by atoms with van der Waals surface area (Å²) in [6, 6.07) is 9.71. The van der Waals surface area contributed by atoms with Gasteiger partial charge in [0, 0.05) is 23.7 Å². The van der Waals surface area contributed by atoms with E-state index in [1.165, 1.54) is 39.6 Å². The molecule has 1 aliphatic carbocycles. The molecule has 2 heterocycles. The summed E-state index contributed by atoms with van der Waals surface area (Å²) in [6.07, 6.45) is 4.59. The number of benzene rings is 1. The number of thiophene rings is 1. The van der Waals surface area contributed by atoms with Crippen LogP contribution >= 0.6 is 35.3 Å². The van der Waals surface area contributed by atoms with Crippen LogP contribution in [0.1, 0.15) is 28.8 Å². The Labute approximate surface area is 198 Å². The quantitative estimate of drug-likeness (QED) is 0.332. The Hall–Kier alpha value is -1.21. The van der Waals surface area contributed by atoms with Gasteiger partial charge in [0.05, 0.1) is 19.8 Å². The van der Waals surface area contributed by atoms with E-state index in [0.29, 0.717) is 43.0 Å². The molecule has 1 aromatic carbocycles. The molecule has 1 fully saturated rings. The van der Waals surface area contributed by atoms with Crippen LogP contribution in [-0.2, 0) is 34.1 Å². The fraction of sp³-hybridized carbons (Fsp3) is 0.450. The maximum atomic E-state index is 12.7. The zero-order valence-electron chi connectivity index (χ0n) is 16.7. The van der Waals surface area contributed by atoms with Gasteiger partial charge in [0.1, 0.15) is 4.21 Å². The molecule has 7 nitrogen and oxygen atoms in total. The van der Waals surface area contributed by atoms with E-state index in [0.717, 1.165) is 23.4 Å². The van der Waals surface area contributed by atoms with E-state index in [9.17, 15) is 8.42 Å². The number of nitrogens with one attached hydrogen (secondary N) is 1. The van der Waals surface area contributed by atoms with E-state index in [1.54, 1.807) is 12.1 Å². The summed E-state index contributed by atoms with van der Waals surface area (Å²) in [4.78, 5) is 5.27. The highest BCUT2D eigenvalue weighted by Gasteiger charge is 2.27. The third-order valence-electron chi connectivity index (χ3n) is 5.27. The van der Waals surface area contributed by atoms with Crippen molar-refractivity contribution in [3.63, 3.8) is 0 Å². The first-order chi connectivity index (χ1) is 14.0. The van der Waals surface area contributed by atoms with Crippen molar-refractivity contribution in [1.82, 2.24) is 4.31 Å². The fourth-order valence-electron chi connectivity index (χ4n) is 3.74. The molecule has 0 saturated carbocycles. The van der Waals surface area contributed by atoms with Gasteiger partial charge in [-0.2, -0.15) is 4.31 Å². The lowest BCUT2D eigenvalue weighted by atomic mass is 9.90. The number of morpholine rings is 1. The van der Waals surface area contributed by atoms with Crippen LogP contribution in [0.5, 0.6) is 0 Å². The van der Waals surface area contributed by atoms with Crippen LogP contribution in [-0.4, -0.2) is 45.0 Å². The number of nitrogens with zero attached hydrogens (tertiary/aromatic N) is 2. The minimum atomic E-state index is -3.46. The molecule has 1 aromatic heterocycles. The summed E-state index contributed by atoms with van der Waals surface area (Å²) in [5.74, 6) is 0.343. The molecule has 4 rings (SSSR count). The van der Waals surface area contributed by atoms with E-state index < -0.39 is 10.0 Å². The predicted octanol–water partition coefficient (Wildman–Crippen LogP) is 3.19. The lowest BCUT2D eigenvalue weighted by Crippen LogP contribution is -2.40. The molecule has 1 saturated heterocycles. The smallest absolute Gasteiger partial charge is 0.252 e. The Morgan fingerprint density at radius 2 is 1.93 bits per heavy atom. The van der Waals surface area contributed by atoms with Crippen LogP contribution in [0.4, 0.5) is 5.69 Å². The molecule has 30 heavy (non-hydrogen) atoms. The second-order valence-corrected chi connectivity index (χ2v) is 10.5. The van der Waals surface area contributed by atoms with Gasteiger partial charge in [0.25, 0.3) is 10.0 Å². The van der Waals surface area contributed by atoms with Crippen molar-refractivity contribution in [3.05, 3.63) is 46.3 Å². The lowest BCUT2D eigenvalue weighted by molar-refractivity contribution is 0.0731. The fourth-order valence-corrected chi connectivity index (χ4v) is 6.58. The van der Waals surface area contributed by atoms with Gasteiger partial charge in [0.2, 0.25) is 0 Å². The van der Waals surface area contributed by atoms with Gasteiger partial charge < -0.3 is 15.8 Å². The highest BCUT2D eigenvalue weighted by atomic mass is 127. The van der Waals surface area contributed by atoms with E-state index in [2.05, 4.69) is 16.4 Å². The van der Waals surface area contributed by atoms with E-state index in [4.69, 9.17) is 10.5 Å². The number of ether oxygens (including phenoxy) is 1. The number of guanidine groups is 1. The van der Waals surface area contributed by atoms with Gasteiger partial charge in [-0.3, -0.25) is 0 Å². The number of halogens is 1. The number of nitrogens with two attached hydrogens (primary N) is 1. The van der Waals surface area contributed by atoms with Crippen molar-refractivity contribution in [1.29, 1.82) is 0 Å². The molecular weight excluding hydrogens is 535 g/mol. The minimum absolute atomic E-state index is 0. The molecule has 0 amide bonds. The molecule has 1 aliphatic heterocycles. The summed E-state index contributed by atoms with van der Waals surface area (Å²) in [5.41, 5.74) is 9.82. The number of rotatable bonds is 5. The lowest BCUT2D eigenvalue weighted by Gasteiger charge is -2.25. The van der Waals surface area contributed by atoms with Crippen molar-refractivity contribution in [2.45, 2.75) is 36.4 Å². The highest BCUT2D eigenvalue weighted by Crippen LogP contribution is 2.28. The normalized spacial score (nSPS) is 17.8. The zero-order valence-corrected chi connectivity index (χ0v) is 20.6. The van der Waals surface area contributed by atoms with E-state index in [-0.39, 0.29) is 24.0 Å². The molecule has 0 spiro atoms. The second-order valence-electron chi connectivity index (χ2n) is 7.21. The number of anilines is 1. The van der Waals surface area contributed by atoms with Gasteiger partial charge in [-0.05, 0) is 55.0 Å². The Morgan fingerprint density at radius 1 is 1.17 bits per heavy atom. The Morgan fingerprint density at radius 3 is 2.73 bits per heavy atom. The Bertz CT molecular complexity index is 1000. The van der Waals surface area contributed by atoms with Crippen LogP contribution < -0.4 is 11.1 Å².